The van der Waals surface area contributed by atoms with Crippen molar-refractivity contribution in [2.75, 3.05) is 32.1 Å². The standard InChI is InChI=1S/C14H24N4O/c1-5-16-9-12-8-11(2)14(17-10-12)18(4)7-6-13(19)15-3/h8,10,16H,5-7,9H2,1-4H3,(H,15,19). The average Bonchev–Trinajstić information content (AvgIpc) is 2.42. The van der Waals surface area contributed by atoms with Crippen LogP contribution in [0.25, 0.3) is 0 Å². The summed E-state index contributed by atoms with van der Waals surface area (Å²) in [4.78, 5) is 17.7. The maximum Gasteiger partial charge on any atom is 0.221 e. The van der Waals surface area contributed by atoms with Crippen LogP contribution in [-0.2, 0) is 11.3 Å². The molecule has 19 heavy (non-hydrogen) atoms. The molecule has 2 N–H and O–H groups in total. The lowest BCUT2D eigenvalue weighted by atomic mass is 10.2. The highest BCUT2D eigenvalue weighted by Crippen LogP contribution is 2.16. The zero-order valence-electron chi connectivity index (χ0n) is 12.3. The Hall–Kier alpha value is -1.62. The second-order valence-corrected chi connectivity index (χ2v) is 4.61. The third-order valence-electron chi connectivity index (χ3n) is 3.00. The zero-order valence-corrected chi connectivity index (χ0v) is 12.3. The van der Waals surface area contributed by atoms with Gasteiger partial charge in [0.25, 0.3) is 0 Å². The molecule has 0 spiro atoms. The predicted molar refractivity (Wildman–Crippen MR) is 78.3 cm³/mol. The van der Waals surface area contributed by atoms with Gasteiger partial charge in [-0.2, -0.15) is 0 Å². The Bertz CT molecular complexity index is 420. The highest BCUT2D eigenvalue weighted by molar-refractivity contribution is 5.76. The topological polar surface area (TPSA) is 57.3 Å². The van der Waals surface area contributed by atoms with Gasteiger partial charge in [-0.1, -0.05) is 6.92 Å². The van der Waals surface area contributed by atoms with Crippen molar-refractivity contribution in [2.45, 2.75) is 26.8 Å². The Kier molecular flexibility index (Phi) is 6.29. The average molecular weight is 264 g/mol. The van der Waals surface area contributed by atoms with Crippen molar-refractivity contribution in [2.24, 2.45) is 0 Å². The van der Waals surface area contributed by atoms with Gasteiger partial charge < -0.3 is 15.5 Å². The van der Waals surface area contributed by atoms with Crippen LogP contribution in [0.4, 0.5) is 5.82 Å². The van der Waals surface area contributed by atoms with E-state index in [0.29, 0.717) is 13.0 Å². The van der Waals surface area contributed by atoms with Crippen molar-refractivity contribution in [3.05, 3.63) is 23.4 Å². The van der Waals surface area contributed by atoms with Gasteiger partial charge in [-0.05, 0) is 30.7 Å². The van der Waals surface area contributed by atoms with Gasteiger partial charge in [-0.25, -0.2) is 4.98 Å². The molecule has 1 aromatic heterocycles. The molecule has 0 aromatic carbocycles. The number of carbonyl (C=O) groups excluding carboxylic acids is 1. The Morgan fingerprint density at radius 2 is 2.21 bits per heavy atom. The summed E-state index contributed by atoms with van der Waals surface area (Å²) >= 11 is 0. The summed E-state index contributed by atoms with van der Waals surface area (Å²) in [7, 11) is 3.61. The summed E-state index contributed by atoms with van der Waals surface area (Å²) in [6.07, 6.45) is 2.37. The molecule has 1 aromatic rings. The quantitative estimate of drug-likeness (QED) is 0.773. The molecule has 0 fully saturated rings. The van der Waals surface area contributed by atoms with Crippen LogP contribution in [-0.4, -0.2) is 38.1 Å². The molecular weight excluding hydrogens is 240 g/mol. The molecule has 0 bridgehead atoms. The number of carbonyl (C=O) groups is 1. The fourth-order valence-corrected chi connectivity index (χ4v) is 1.89. The van der Waals surface area contributed by atoms with Crippen molar-refractivity contribution in [1.29, 1.82) is 0 Å². The predicted octanol–water partition coefficient (Wildman–Crippen LogP) is 1.07. The van der Waals surface area contributed by atoms with Gasteiger partial charge >= 0.3 is 0 Å². The SMILES string of the molecule is CCNCc1cnc(N(C)CCC(=O)NC)c(C)c1. The minimum Gasteiger partial charge on any atom is -0.359 e. The largest absolute Gasteiger partial charge is 0.359 e. The molecule has 1 heterocycles. The fraction of sp³-hybridized carbons (Fsp3) is 0.571. The number of aryl methyl sites for hydroxylation is 1. The smallest absolute Gasteiger partial charge is 0.221 e. The van der Waals surface area contributed by atoms with Crippen LogP contribution in [0.1, 0.15) is 24.5 Å². The number of hydrogen-bond donors (Lipinski definition) is 2. The summed E-state index contributed by atoms with van der Waals surface area (Å²) in [5, 5.41) is 5.91. The van der Waals surface area contributed by atoms with Crippen LogP contribution in [0.2, 0.25) is 0 Å². The molecule has 0 saturated heterocycles. The number of pyridine rings is 1. The van der Waals surface area contributed by atoms with Crippen LogP contribution in [0.3, 0.4) is 0 Å². The van der Waals surface area contributed by atoms with E-state index in [1.807, 2.05) is 25.1 Å². The molecule has 1 amide bonds. The third kappa shape index (κ3) is 4.87. The number of anilines is 1. The van der Waals surface area contributed by atoms with E-state index < -0.39 is 0 Å². The summed E-state index contributed by atoms with van der Waals surface area (Å²) in [6.45, 7) is 6.59. The van der Waals surface area contributed by atoms with E-state index in [1.54, 1.807) is 7.05 Å². The van der Waals surface area contributed by atoms with Crippen LogP contribution in [0.15, 0.2) is 12.3 Å². The lowest BCUT2D eigenvalue weighted by Crippen LogP contribution is -2.27. The van der Waals surface area contributed by atoms with E-state index in [1.165, 1.54) is 5.56 Å². The number of rotatable bonds is 7. The van der Waals surface area contributed by atoms with Crippen LogP contribution in [0, 0.1) is 6.92 Å². The normalized spacial score (nSPS) is 10.3. The lowest BCUT2D eigenvalue weighted by molar-refractivity contribution is -0.120. The Balaban J connectivity index is 2.64. The van der Waals surface area contributed by atoms with E-state index in [9.17, 15) is 4.79 Å². The number of nitrogens with zero attached hydrogens (tertiary/aromatic N) is 2. The number of nitrogens with one attached hydrogen (secondary N) is 2. The zero-order chi connectivity index (χ0) is 14.3. The molecule has 0 aliphatic carbocycles. The maximum atomic E-state index is 11.2. The van der Waals surface area contributed by atoms with Crippen LogP contribution >= 0.6 is 0 Å². The molecule has 0 radical (unpaired) electrons. The first-order valence-electron chi connectivity index (χ1n) is 6.66. The van der Waals surface area contributed by atoms with Gasteiger partial charge in [0, 0.05) is 39.8 Å². The molecule has 5 heteroatoms. The summed E-state index contributed by atoms with van der Waals surface area (Å²) in [5.41, 5.74) is 2.32. The first-order chi connectivity index (χ1) is 9.08. The van der Waals surface area contributed by atoms with Crippen molar-refractivity contribution >= 4 is 11.7 Å². The van der Waals surface area contributed by atoms with E-state index in [0.717, 1.165) is 24.5 Å². The van der Waals surface area contributed by atoms with Gasteiger partial charge in [0.2, 0.25) is 5.91 Å². The molecule has 106 valence electrons. The third-order valence-corrected chi connectivity index (χ3v) is 3.00. The first-order valence-corrected chi connectivity index (χ1v) is 6.66. The molecule has 1 rings (SSSR count). The van der Waals surface area contributed by atoms with Gasteiger partial charge in [-0.15, -0.1) is 0 Å². The molecule has 5 nitrogen and oxygen atoms in total. The Labute approximate surface area is 115 Å². The van der Waals surface area contributed by atoms with Gasteiger partial charge in [0.15, 0.2) is 0 Å². The van der Waals surface area contributed by atoms with Gasteiger partial charge in [0.1, 0.15) is 5.82 Å². The number of hydrogen-bond acceptors (Lipinski definition) is 4. The van der Waals surface area contributed by atoms with Crippen molar-refractivity contribution in [3.63, 3.8) is 0 Å². The molecule has 0 unspecified atom stereocenters. The molecule has 0 aliphatic rings. The van der Waals surface area contributed by atoms with Crippen LogP contribution < -0.4 is 15.5 Å². The van der Waals surface area contributed by atoms with Crippen LogP contribution in [0.5, 0.6) is 0 Å². The minimum absolute atomic E-state index is 0.0493. The van der Waals surface area contributed by atoms with Crippen molar-refractivity contribution in [3.8, 4) is 0 Å². The summed E-state index contributed by atoms with van der Waals surface area (Å²) < 4.78 is 0. The maximum absolute atomic E-state index is 11.2. The lowest BCUT2D eigenvalue weighted by Gasteiger charge is -2.20. The monoisotopic (exact) mass is 264 g/mol. The molecule has 0 aliphatic heterocycles. The van der Waals surface area contributed by atoms with Gasteiger partial charge in [-0.3, -0.25) is 4.79 Å². The Morgan fingerprint density at radius 3 is 2.79 bits per heavy atom. The van der Waals surface area contributed by atoms with Gasteiger partial charge in [0.05, 0.1) is 0 Å². The summed E-state index contributed by atoms with van der Waals surface area (Å²) in [5.74, 6) is 0.984. The highest BCUT2D eigenvalue weighted by atomic mass is 16.1. The van der Waals surface area contributed by atoms with E-state index in [-0.39, 0.29) is 5.91 Å². The summed E-state index contributed by atoms with van der Waals surface area (Å²) in [6, 6.07) is 2.14. The highest BCUT2D eigenvalue weighted by Gasteiger charge is 2.08. The van der Waals surface area contributed by atoms with E-state index >= 15 is 0 Å². The second kappa shape index (κ2) is 7.74. The molecule has 0 atom stereocenters. The number of aromatic nitrogens is 1. The first kappa shape index (κ1) is 15.4. The molecule has 0 saturated carbocycles. The van der Waals surface area contributed by atoms with Crippen molar-refractivity contribution in [1.82, 2.24) is 15.6 Å². The minimum atomic E-state index is 0.0493. The van der Waals surface area contributed by atoms with E-state index in [4.69, 9.17) is 0 Å². The second-order valence-electron chi connectivity index (χ2n) is 4.61. The fourth-order valence-electron chi connectivity index (χ4n) is 1.89. The van der Waals surface area contributed by atoms with E-state index in [2.05, 4.69) is 28.6 Å². The number of amides is 1. The Morgan fingerprint density at radius 1 is 1.47 bits per heavy atom. The molecular formula is C14H24N4O. The van der Waals surface area contributed by atoms with Crippen molar-refractivity contribution < 1.29 is 4.79 Å².